The fourth-order valence-corrected chi connectivity index (χ4v) is 4.65. The van der Waals surface area contributed by atoms with Gasteiger partial charge in [-0.15, -0.1) is 0 Å². The van der Waals surface area contributed by atoms with Crippen molar-refractivity contribution in [1.29, 1.82) is 0 Å². The molecule has 20 heavy (non-hydrogen) atoms. The molecular weight excluding hydrogens is 248 g/mol. The maximum Gasteiger partial charge on any atom is 0.0359 e. The zero-order valence-corrected chi connectivity index (χ0v) is 13.4. The van der Waals surface area contributed by atoms with Gasteiger partial charge < -0.3 is 10.6 Å². The van der Waals surface area contributed by atoms with E-state index >= 15 is 0 Å². The number of rotatable bonds is 2. The highest BCUT2D eigenvalue weighted by Gasteiger charge is 2.43. The van der Waals surface area contributed by atoms with Gasteiger partial charge in [-0.05, 0) is 65.7 Å². The van der Waals surface area contributed by atoms with Gasteiger partial charge in [-0.1, -0.05) is 0 Å². The smallest absolute Gasteiger partial charge is 0.0359 e. The maximum atomic E-state index is 6.29. The summed E-state index contributed by atoms with van der Waals surface area (Å²) in [5.74, 6) is 0. The SMILES string of the molecule is CC1CC(CN)(N2CCCN3CCCC3C2)CCN1C. The van der Waals surface area contributed by atoms with Crippen LogP contribution < -0.4 is 5.73 Å². The molecule has 0 aromatic rings. The Kier molecular flexibility index (Phi) is 4.37. The highest BCUT2D eigenvalue weighted by molar-refractivity contribution is 5.01. The van der Waals surface area contributed by atoms with Crippen LogP contribution in [-0.4, -0.2) is 78.6 Å². The Bertz CT molecular complexity index is 334. The van der Waals surface area contributed by atoms with E-state index in [2.05, 4.69) is 28.7 Å². The summed E-state index contributed by atoms with van der Waals surface area (Å²) in [6, 6.07) is 1.46. The Morgan fingerprint density at radius 2 is 1.95 bits per heavy atom. The maximum absolute atomic E-state index is 6.29. The largest absolute Gasteiger partial charge is 0.329 e. The molecule has 3 rings (SSSR count). The van der Waals surface area contributed by atoms with Crippen LogP contribution in [0.15, 0.2) is 0 Å². The van der Waals surface area contributed by atoms with Crippen LogP contribution >= 0.6 is 0 Å². The van der Waals surface area contributed by atoms with Gasteiger partial charge in [0.25, 0.3) is 0 Å². The van der Waals surface area contributed by atoms with E-state index in [0.717, 1.165) is 12.6 Å². The van der Waals surface area contributed by atoms with Crippen molar-refractivity contribution in [1.82, 2.24) is 14.7 Å². The molecule has 0 spiro atoms. The van der Waals surface area contributed by atoms with Gasteiger partial charge in [0.2, 0.25) is 0 Å². The van der Waals surface area contributed by atoms with Crippen molar-refractivity contribution in [3.05, 3.63) is 0 Å². The minimum atomic E-state index is 0.268. The molecule has 3 aliphatic rings. The number of hydrogen-bond acceptors (Lipinski definition) is 4. The van der Waals surface area contributed by atoms with E-state index in [1.54, 1.807) is 0 Å². The van der Waals surface area contributed by atoms with Gasteiger partial charge in [0, 0.05) is 37.3 Å². The molecule has 3 saturated heterocycles. The summed E-state index contributed by atoms with van der Waals surface area (Å²) in [5, 5.41) is 0. The molecule has 2 N–H and O–H groups in total. The Labute approximate surface area is 124 Å². The van der Waals surface area contributed by atoms with Gasteiger partial charge in [0.1, 0.15) is 0 Å². The van der Waals surface area contributed by atoms with Crippen LogP contribution in [0.4, 0.5) is 0 Å². The molecule has 3 atom stereocenters. The number of nitrogens with zero attached hydrogens (tertiary/aromatic N) is 3. The van der Waals surface area contributed by atoms with Crippen molar-refractivity contribution in [3.63, 3.8) is 0 Å². The van der Waals surface area contributed by atoms with Gasteiger partial charge in [-0.2, -0.15) is 0 Å². The molecule has 3 unspecified atom stereocenters. The number of piperidine rings is 1. The topological polar surface area (TPSA) is 35.7 Å². The van der Waals surface area contributed by atoms with Crippen molar-refractivity contribution < 1.29 is 0 Å². The van der Waals surface area contributed by atoms with E-state index in [0.29, 0.717) is 6.04 Å². The number of likely N-dealkylation sites (tertiary alicyclic amines) is 1. The first kappa shape index (κ1) is 14.8. The Hall–Kier alpha value is -0.160. The van der Waals surface area contributed by atoms with E-state index in [1.807, 2.05) is 0 Å². The Morgan fingerprint density at radius 3 is 2.70 bits per heavy atom. The summed E-state index contributed by atoms with van der Waals surface area (Å²) < 4.78 is 0. The normalized spacial score (nSPS) is 41.5. The Balaban J connectivity index is 1.74. The van der Waals surface area contributed by atoms with Crippen LogP contribution in [0.5, 0.6) is 0 Å². The number of nitrogens with two attached hydrogens (primary N) is 1. The predicted octanol–water partition coefficient (Wildman–Crippen LogP) is 0.968. The summed E-state index contributed by atoms with van der Waals surface area (Å²) in [6.07, 6.45) is 6.60. The van der Waals surface area contributed by atoms with Crippen molar-refractivity contribution in [3.8, 4) is 0 Å². The summed E-state index contributed by atoms with van der Waals surface area (Å²) in [4.78, 5) is 8.00. The second kappa shape index (κ2) is 5.91. The lowest BCUT2D eigenvalue weighted by atomic mass is 9.81. The minimum Gasteiger partial charge on any atom is -0.329 e. The average molecular weight is 280 g/mol. The highest BCUT2D eigenvalue weighted by atomic mass is 15.3. The fourth-order valence-electron chi connectivity index (χ4n) is 4.65. The molecule has 3 aliphatic heterocycles. The third-order valence-corrected chi connectivity index (χ3v) is 6.21. The van der Waals surface area contributed by atoms with Crippen molar-refractivity contribution in [2.75, 3.05) is 46.3 Å². The lowest BCUT2D eigenvalue weighted by molar-refractivity contribution is 0.00694. The van der Waals surface area contributed by atoms with Gasteiger partial charge in [0.15, 0.2) is 0 Å². The lowest BCUT2D eigenvalue weighted by Crippen LogP contribution is -2.62. The summed E-state index contributed by atoms with van der Waals surface area (Å²) in [6.45, 7) is 9.53. The molecule has 116 valence electrons. The first-order valence-corrected chi connectivity index (χ1v) is 8.54. The average Bonchev–Trinajstić information content (AvgIpc) is 2.79. The van der Waals surface area contributed by atoms with Crippen molar-refractivity contribution in [2.24, 2.45) is 5.73 Å². The van der Waals surface area contributed by atoms with Crippen LogP contribution in [0.3, 0.4) is 0 Å². The molecule has 4 nitrogen and oxygen atoms in total. The zero-order valence-electron chi connectivity index (χ0n) is 13.4. The zero-order chi connectivity index (χ0) is 14.2. The van der Waals surface area contributed by atoms with Gasteiger partial charge in [-0.25, -0.2) is 0 Å². The summed E-state index contributed by atoms with van der Waals surface area (Å²) in [5.41, 5.74) is 6.56. The van der Waals surface area contributed by atoms with Crippen LogP contribution in [0.1, 0.15) is 39.0 Å². The molecule has 0 aliphatic carbocycles. The van der Waals surface area contributed by atoms with Gasteiger partial charge >= 0.3 is 0 Å². The first-order chi connectivity index (χ1) is 9.64. The van der Waals surface area contributed by atoms with E-state index in [9.17, 15) is 0 Å². The van der Waals surface area contributed by atoms with E-state index in [-0.39, 0.29) is 5.54 Å². The minimum absolute atomic E-state index is 0.268. The summed E-state index contributed by atoms with van der Waals surface area (Å²) in [7, 11) is 2.26. The number of hydrogen-bond donors (Lipinski definition) is 1. The van der Waals surface area contributed by atoms with E-state index < -0.39 is 0 Å². The van der Waals surface area contributed by atoms with Crippen LogP contribution in [0.25, 0.3) is 0 Å². The Morgan fingerprint density at radius 1 is 1.15 bits per heavy atom. The molecule has 0 bridgehead atoms. The number of fused-ring (bicyclic) bond motifs is 1. The van der Waals surface area contributed by atoms with Crippen LogP contribution in [0.2, 0.25) is 0 Å². The van der Waals surface area contributed by atoms with E-state index in [4.69, 9.17) is 5.73 Å². The quantitative estimate of drug-likeness (QED) is 0.817. The standard InChI is InChI=1S/C16H32N4/c1-14-11-16(13-17,6-10-18(14)2)20-9-4-8-19-7-3-5-15(19)12-20/h14-15H,3-13,17H2,1-2H3. The third-order valence-electron chi connectivity index (χ3n) is 6.21. The molecular formula is C16H32N4. The van der Waals surface area contributed by atoms with Crippen molar-refractivity contribution in [2.45, 2.75) is 56.7 Å². The van der Waals surface area contributed by atoms with Crippen LogP contribution in [0, 0.1) is 0 Å². The molecule has 0 aromatic heterocycles. The molecule has 0 aromatic carbocycles. The van der Waals surface area contributed by atoms with Gasteiger partial charge in [-0.3, -0.25) is 9.80 Å². The van der Waals surface area contributed by atoms with Crippen LogP contribution in [-0.2, 0) is 0 Å². The van der Waals surface area contributed by atoms with Crippen molar-refractivity contribution >= 4 is 0 Å². The van der Waals surface area contributed by atoms with E-state index in [1.165, 1.54) is 64.8 Å². The second-order valence-electron chi connectivity index (χ2n) is 7.34. The lowest BCUT2D eigenvalue weighted by Gasteiger charge is -2.50. The predicted molar refractivity (Wildman–Crippen MR) is 83.9 cm³/mol. The summed E-state index contributed by atoms with van der Waals surface area (Å²) >= 11 is 0. The second-order valence-corrected chi connectivity index (χ2v) is 7.34. The first-order valence-electron chi connectivity index (χ1n) is 8.54. The highest BCUT2D eigenvalue weighted by Crippen LogP contribution is 2.34. The molecule has 0 amide bonds. The molecule has 0 radical (unpaired) electrons. The molecule has 3 heterocycles. The molecule has 4 heteroatoms. The third kappa shape index (κ3) is 2.63. The fraction of sp³-hybridized carbons (Fsp3) is 1.00. The van der Waals surface area contributed by atoms with Gasteiger partial charge in [0.05, 0.1) is 0 Å². The monoisotopic (exact) mass is 280 g/mol. The molecule has 3 fully saturated rings. The molecule has 0 saturated carbocycles.